The number of hydrogen-bond donors (Lipinski definition) is 0. The van der Waals surface area contributed by atoms with Gasteiger partial charge < -0.3 is 4.74 Å². The first kappa shape index (κ1) is 14.4. The van der Waals surface area contributed by atoms with Crippen LogP contribution in [0.15, 0.2) is 24.3 Å². The summed E-state index contributed by atoms with van der Waals surface area (Å²) in [6, 6.07) is 0. The van der Waals surface area contributed by atoms with Crippen LogP contribution in [0.5, 0.6) is 0 Å². The molecule has 2 rings (SSSR count). The van der Waals surface area contributed by atoms with Crippen LogP contribution in [-0.2, 0) is 9.53 Å². The van der Waals surface area contributed by atoms with Crippen molar-refractivity contribution in [1.82, 2.24) is 0 Å². The number of hydrogen-bond acceptors (Lipinski definition) is 2. The fourth-order valence-corrected chi connectivity index (χ4v) is 3.46. The smallest absolute Gasteiger partial charge is 0.308 e. The molecule has 0 saturated heterocycles. The van der Waals surface area contributed by atoms with Gasteiger partial charge in [-0.3, -0.25) is 4.79 Å². The van der Waals surface area contributed by atoms with Gasteiger partial charge in [0.05, 0.1) is 5.92 Å². The largest absolute Gasteiger partial charge is 0.458 e. The Hall–Kier alpha value is -1.05. The van der Waals surface area contributed by atoms with Crippen molar-refractivity contribution in [2.45, 2.75) is 52.6 Å². The molecule has 4 unspecified atom stereocenters. The Bertz CT molecular complexity index is 381. The molecule has 0 spiro atoms. The summed E-state index contributed by atoms with van der Waals surface area (Å²) in [4.78, 5) is 11.7. The Labute approximate surface area is 116 Å². The zero-order chi connectivity index (χ0) is 14.0. The van der Waals surface area contributed by atoms with Gasteiger partial charge in [0.25, 0.3) is 0 Å². The van der Waals surface area contributed by atoms with Crippen molar-refractivity contribution in [2.24, 2.45) is 23.7 Å². The molecular weight excluding hydrogens is 236 g/mol. The Morgan fingerprint density at radius 1 is 1.32 bits per heavy atom. The van der Waals surface area contributed by atoms with Crippen molar-refractivity contribution in [3.8, 4) is 0 Å². The van der Waals surface area contributed by atoms with Gasteiger partial charge in [-0.15, -0.1) is 0 Å². The van der Waals surface area contributed by atoms with E-state index < -0.39 is 0 Å². The van der Waals surface area contributed by atoms with Crippen molar-refractivity contribution >= 4 is 5.97 Å². The minimum Gasteiger partial charge on any atom is -0.458 e. The lowest BCUT2D eigenvalue weighted by Crippen LogP contribution is -2.34. The third-order valence-electron chi connectivity index (χ3n) is 4.55. The molecule has 0 heterocycles. The van der Waals surface area contributed by atoms with Gasteiger partial charge in [-0.2, -0.15) is 0 Å². The number of allylic oxidation sites excluding steroid dienone is 2. The maximum absolute atomic E-state index is 11.7. The molecule has 0 N–H and O–H groups in total. The van der Waals surface area contributed by atoms with Gasteiger partial charge in [-0.05, 0) is 50.0 Å². The van der Waals surface area contributed by atoms with Gasteiger partial charge >= 0.3 is 5.97 Å². The third kappa shape index (κ3) is 3.29. The predicted octanol–water partition coefficient (Wildman–Crippen LogP) is 4.12. The molecule has 0 aromatic rings. The highest BCUT2D eigenvalue weighted by Crippen LogP contribution is 2.43. The average Bonchev–Trinajstić information content (AvgIpc) is 2.37. The molecule has 2 aliphatic rings. The van der Waals surface area contributed by atoms with E-state index in [1.807, 2.05) is 13.8 Å². The third-order valence-corrected chi connectivity index (χ3v) is 4.55. The Balaban J connectivity index is 2.02. The summed E-state index contributed by atoms with van der Waals surface area (Å²) in [6.07, 6.45) is 9.15. The van der Waals surface area contributed by atoms with Gasteiger partial charge in [0.2, 0.25) is 0 Å². The first-order valence-corrected chi connectivity index (χ1v) is 7.53. The standard InChI is InChI=1S/C17H26O2/c1-11(2)15-7-5-6-13-10-14(8-9-16(13)15)19-17(18)12(3)4/h8-9,12-16H,1,5-7,10H2,2-4H3. The number of carbonyl (C=O) groups is 1. The SMILES string of the molecule is C=C(C)C1CCCC2CC(OC(=O)C(C)C)C=CC21. The number of esters is 1. The lowest BCUT2D eigenvalue weighted by molar-refractivity contribution is -0.151. The highest BCUT2D eigenvalue weighted by molar-refractivity contribution is 5.71. The lowest BCUT2D eigenvalue weighted by atomic mass is 9.66. The summed E-state index contributed by atoms with van der Waals surface area (Å²) in [5.41, 5.74) is 1.30. The number of ether oxygens (including phenoxy) is 1. The van der Waals surface area contributed by atoms with Crippen LogP contribution >= 0.6 is 0 Å². The quantitative estimate of drug-likeness (QED) is 0.565. The number of rotatable bonds is 3. The molecule has 0 amide bonds. The van der Waals surface area contributed by atoms with Crippen molar-refractivity contribution in [2.75, 3.05) is 0 Å². The second-order valence-corrected chi connectivity index (χ2v) is 6.47. The van der Waals surface area contributed by atoms with E-state index in [-0.39, 0.29) is 18.0 Å². The monoisotopic (exact) mass is 262 g/mol. The Kier molecular flexibility index (Phi) is 4.49. The Morgan fingerprint density at radius 3 is 2.68 bits per heavy atom. The topological polar surface area (TPSA) is 26.3 Å². The summed E-state index contributed by atoms with van der Waals surface area (Å²) >= 11 is 0. The number of fused-ring (bicyclic) bond motifs is 1. The van der Waals surface area contributed by atoms with E-state index in [9.17, 15) is 4.79 Å². The highest BCUT2D eigenvalue weighted by Gasteiger charge is 2.36. The predicted molar refractivity (Wildman–Crippen MR) is 77.6 cm³/mol. The molecule has 2 nitrogen and oxygen atoms in total. The van der Waals surface area contributed by atoms with E-state index in [4.69, 9.17) is 4.74 Å². The van der Waals surface area contributed by atoms with Crippen LogP contribution in [0.25, 0.3) is 0 Å². The van der Waals surface area contributed by atoms with Crippen molar-refractivity contribution in [1.29, 1.82) is 0 Å². The van der Waals surface area contributed by atoms with Gasteiger partial charge in [-0.25, -0.2) is 0 Å². The molecule has 0 aliphatic heterocycles. The van der Waals surface area contributed by atoms with E-state index in [1.165, 1.54) is 24.8 Å². The fourth-order valence-electron chi connectivity index (χ4n) is 3.46. The zero-order valence-corrected chi connectivity index (χ0v) is 12.4. The number of carbonyl (C=O) groups excluding carboxylic acids is 1. The summed E-state index contributed by atoms with van der Waals surface area (Å²) in [5, 5.41) is 0. The molecule has 2 aliphatic carbocycles. The summed E-state index contributed by atoms with van der Waals surface area (Å²) in [6.45, 7) is 10.1. The first-order chi connectivity index (χ1) is 8.99. The van der Waals surface area contributed by atoms with E-state index in [0.717, 1.165) is 6.42 Å². The molecular formula is C17H26O2. The van der Waals surface area contributed by atoms with Crippen LogP contribution in [0.3, 0.4) is 0 Å². The molecule has 0 bridgehead atoms. The first-order valence-electron chi connectivity index (χ1n) is 7.53. The molecule has 1 fully saturated rings. The molecule has 0 aromatic carbocycles. The minimum absolute atomic E-state index is 0.0139. The fraction of sp³-hybridized carbons (Fsp3) is 0.706. The minimum atomic E-state index is -0.0830. The molecule has 1 saturated carbocycles. The van der Waals surface area contributed by atoms with Gasteiger partial charge in [0.1, 0.15) is 6.10 Å². The Morgan fingerprint density at radius 2 is 2.05 bits per heavy atom. The molecule has 19 heavy (non-hydrogen) atoms. The molecule has 0 aromatic heterocycles. The van der Waals surface area contributed by atoms with Crippen LogP contribution in [0.4, 0.5) is 0 Å². The average molecular weight is 262 g/mol. The summed E-state index contributed by atoms with van der Waals surface area (Å²) in [7, 11) is 0. The molecule has 106 valence electrons. The maximum atomic E-state index is 11.7. The molecule has 4 atom stereocenters. The van der Waals surface area contributed by atoms with Crippen LogP contribution in [0.1, 0.15) is 46.5 Å². The molecule has 2 heteroatoms. The van der Waals surface area contributed by atoms with Crippen molar-refractivity contribution < 1.29 is 9.53 Å². The molecule has 0 radical (unpaired) electrons. The second-order valence-electron chi connectivity index (χ2n) is 6.47. The van der Waals surface area contributed by atoms with E-state index in [1.54, 1.807) is 0 Å². The van der Waals surface area contributed by atoms with Gasteiger partial charge in [0.15, 0.2) is 0 Å². The zero-order valence-electron chi connectivity index (χ0n) is 12.4. The van der Waals surface area contributed by atoms with E-state index >= 15 is 0 Å². The van der Waals surface area contributed by atoms with Crippen molar-refractivity contribution in [3.63, 3.8) is 0 Å². The summed E-state index contributed by atoms with van der Waals surface area (Å²) in [5.74, 6) is 1.77. The van der Waals surface area contributed by atoms with Gasteiger partial charge in [0, 0.05) is 0 Å². The van der Waals surface area contributed by atoms with Crippen LogP contribution in [-0.4, -0.2) is 12.1 Å². The second kappa shape index (κ2) is 5.94. The lowest BCUT2D eigenvalue weighted by Gasteiger charge is -2.40. The van der Waals surface area contributed by atoms with Crippen LogP contribution in [0.2, 0.25) is 0 Å². The maximum Gasteiger partial charge on any atom is 0.308 e. The van der Waals surface area contributed by atoms with E-state index in [0.29, 0.717) is 17.8 Å². The van der Waals surface area contributed by atoms with Gasteiger partial charge in [-0.1, -0.05) is 38.5 Å². The van der Waals surface area contributed by atoms with Crippen molar-refractivity contribution in [3.05, 3.63) is 24.3 Å². The van der Waals surface area contributed by atoms with E-state index in [2.05, 4.69) is 25.7 Å². The van der Waals surface area contributed by atoms with Crippen LogP contribution < -0.4 is 0 Å². The normalized spacial score (nSPS) is 33.9. The highest BCUT2D eigenvalue weighted by atomic mass is 16.5. The summed E-state index contributed by atoms with van der Waals surface area (Å²) < 4.78 is 5.55. The van der Waals surface area contributed by atoms with Crippen LogP contribution in [0, 0.1) is 23.7 Å².